The van der Waals surface area contributed by atoms with Crippen LogP contribution in [0.5, 0.6) is 0 Å². The molecule has 2 rings (SSSR count). The Labute approximate surface area is 119 Å². The number of hydrogen-bond donors (Lipinski definition) is 2. The molecule has 1 saturated heterocycles. The van der Waals surface area contributed by atoms with Crippen molar-refractivity contribution in [3.63, 3.8) is 0 Å². The average molecular weight is 280 g/mol. The molecule has 0 saturated carbocycles. The molecule has 1 aromatic rings. The second-order valence-corrected chi connectivity index (χ2v) is 5.59. The van der Waals surface area contributed by atoms with Crippen LogP contribution in [0.15, 0.2) is 6.20 Å². The summed E-state index contributed by atoms with van der Waals surface area (Å²) in [5.74, 6) is -0.0850. The van der Waals surface area contributed by atoms with Crippen LogP contribution in [0.25, 0.3) is 0 Å². The predicted molar refractivity (Wildman–Crippen MR) is 76.6 cm³/mol. The van der Waals surface area contributed by atoms with E-state index < -0.39 is 0 Å². The summed E-state index contributed by atoms with van der Waals surface area (Å²) in [7, 11) is 0. The number of aromatic nitrogens is 2. The van der Waals surface area contributed by atoms with E-state index in [1.807, 2.05) is 18.5 Å². The molecule has 20 heavy (non-hydrogen) atoms. The lowest BCUT2D eigenvalue weighted by Gasteiger charge is -2.23. The van der Waals surface area contributed by atoms with E-state index in [0.29, 0.717) is 18.7 Å². The molecule has 1 unspecified atom stereocenters. The van der Waals surface area contributed by atoms with E-state index in [1.54, 1.807) is 6.20 Å². The van der Waals surface area contributed by atoms with Gasteiger partial charge in [0.2, 0.25) is 0 Å². The summed E-state index contributed by atoms with van der Waals surface area (Å²) in [6.07, 6.45) is 4.53. The van der Waals surface area contributed by atoms with Crippen molar-refractivity contribution >= 4 is 5.91 Å². The standard InChI is InChI=1S/C14H24N4O2/c1-11-12(9-17-18(11)7-4-6-15)13(19)16-10-14(2)5-3-8-20-14/h9H,3-8,10,15H2,1-2H3,(H,16,19). The van der Waals surface area contributed by atoms with Crippen molar-refractivity contribution in [2.24, 2.45) is 5.73 Å². The minimum atomic E-state index is -0.223. The lowest BCUT2D eigenvalue weighted by molar-refractivity contribution is 0.0206. The highest BCUT2D eigenvalue weighted by atomic mass is 16.5. The topological polar surface area (TPSA) is 82.2 Å². The fourth-order valence-corrected chi connectivity index (χ4v) is 2.47. The number of amides is 1. The Morgan fingerprint density at radius 2 is 2.45 bits per heavy atom. The largest absolute Gasteiger partial charge is 0.373 e. The van der Waals surface area contributed by atoms with Crippen molar-refractivity contribution < 1.29 is 9.53 Å². The predicted octanol–water partition coefficient (Wildman–Crippen LogP) is 0.839. The number of hydrogen-bond acceptors (Lipinski definition) is 4. The SMILES string of the molecule is Cc1c(C(=O)NCC2(C)CCCO2)cnn1CCCN. The Hall–Kier alpha value is -1.40. The summed E-state index contributed by atoms with van der Waals surface area (Å²) in [5.41, 5.74) is 6.78. The zero-order valence-electron chi connectivity index (χ0n) is 12.3. The van der Waals surface area contributed by atoms with Crippen molar-refractivity contribution in [1.29, 1.82) is 0 Å². The summed E-state index contributed by atoms with van der Waals surface area (Å²) in [5, 5.41) is 7.19. The van der Waals surface area contributed by atoms with Crippen molar-refractivity contribution in [3.05, 3.63) is 17.5 Å². The van der Waals surface area contributed by atoms with Gasteiger partial charge in [0.15, 0.2) is 0 Å². The summed E-state index contributed by atoms with van der Waals surface area (Å²) < 4.78 is 7.49. The smallest absolute Gasteiger partial charge is 0.254 e. The molecule has 1 atom stereocenters. The first-order chi connectivity index (χ1) is 9.56. The van der Waals surface area contributed by atoms with Crippen molar-refractivity contribution in [2.75, 3.05) is 19.7 Å². The normalized spacial score (nSPS) is 22.1. The maximum atomic E-state index is 12.2. The molecule has 1 aliphatic rings. The molecule has 0 radical (unpaired) electrons. The minimum absolute atomic E-state index is 0.0850. The van der Waals surface area contributed by atoms with E-state index in [4.69, 9.17) is 10.5 Å². The molecule has 1 fully saturated rings. The Morgan fingerprint density at radius 3 is 3.10 bits per heavy atom. The van der Waals surface area contributed by atoms with E-state index in [0.717, 1.165) is 38.1 Å². The number of rotatable bonds is 6. The van der Waals surface area contributed by atoms with Gasteiger partial charge in [0.1, 0.15) is 0 Å². The Bertz CT molecular complexity index is 464. The number of aryl methyl sites for hydroxylation is 1. The molecule has 0 bridgehead atoms. The van der Waals surface area contributed by atoms with Crippen molar-refractivity contribution in [2.45, 2.75) is 45.3 Å². The van der Waals surface area contributed by atoms with Crippen LogP contribution in [0.2, 0.25) is 0 Å². The maximum Gasteiger partial charge on any atom is 0.254 e. The first-order valence-electron chi connectivity index (χ1n) is 7.20. The molecule has 1 aromatic heterocycles. The van der Waals surface area contributed by atoms with Crippen LogP contribution in [0, 0.1) is 6.92 Å². The Balaban J connectivity index is 1.93. The second kappa shape index (κ2) is 6.37. The molecule has 1 amide bonds. The van der Waals surface area contributed by atoms with Crippen LogP contribution in [-0.4, -0.2) is 41.0 Å². The van der Waals surface area contributed by atoms with Gasteiger partial charge in [0.25, 0.3) is 5.91 Å². The van der Waals surface area contributed by atoms with Crippen LogP contribution >= 0.6 is 0 Å². The lowest BCUT2D eigenvalue weighted by Crippen LogP contribution is -2.40. The quantitative estimate of drug-likeness (QED) is 0.809. The third-order valence-corrected chi connectivity index (χ3v) is 3.85. The zero-order chi connectivity index (χ0) is 14.6. The van der Waals surface area contributed by atoms with E-state index >= 15 is 0 Å². The molecule has 3 N–H and O–H groups in total. The fraction of sp³-hybridized carbons (Fsp3) is 0.714. The van der Waals surface area contributed by atoms with Gasteiger partial charge in [0, 0.05) is 25.4 Å². The van der Waals surface area contributed by atoms with Crippen LogP contribution < -0.4 is 11.1 Å². The van der Waals surface area contributed by atoms with E-state index in [-0.39, 0.29) is 11.5 Å². The van der Waals surface area contributed by atoms with Crippen LogP contribution in [0.1, 0.15) is 42.2 Å². The average Bonchev–Trinajstić information content (AvgIpc) is 3.01. The van der Waals surface area contributed by atoms with Crippen LogP contribution in [0.3, 0.4) is 0 Å². The third-order valence-electron chi connectivity index (χ3n) is 3.85. The zero-order valence-corrected chi connectivity index (χ0v) is 12.3. The molecule has 2 heterocycles. The van der Waals surface area contributed by atoms with Gasteiger partial charge in [-0.3, -0.25) is 9.48 Å². The molecular formula is C14H24N4O2. The first-order valence-corrected chi connectivity index (χ1v) is 7.20. The van der Waals surface area contributed by atoms with Gasteiger partial charge in [-0.1, -0.05) is 0 Å². The van der Waals surface area contributed by atoms with Gasteiger partial charge >= 0.3 is 0 Å². The molecule has 0 aromatic carbocycles. The molecular weight excluding hydrogens is 256 g/mol. The molecule has 1 aliphatic heterocycles. The lowest BCUT2D eigenvalue weighted by atomic mass is 10.0. The summed E-state index contributed by atoms with van der Waals surface area (Å²) in [4.78, 5) is 12.2. The molecule has 0 spiro atoms. The van der Waals surface area contributed by atoms with E-state index in [9.17, 15) is 4.79 Å². The number of ether oxygens (including phenoxy) is 1. The Morgan fingerprint density at radius 1 is 1.65 bits per heavy atom. The van der Waals surface area contributed by atoms with Gasteiger partial charge < -0.3 is 15.8 Å². The summed E-state index contributed by atoms with van der Waals surface area (Å²) in [6, 6.07) is 0. The molecule has 0 aliphatic carbocycles. The van der Waals surface area contributed by atoms with Gasteiger partial charge in [-0.05, 0) is 39.7 Å². The van der Waals surface area contributed by atoms with Crippen LogP contribution in [0.4, 0.5) is 0 Å². The summed E-state index contributed by atoms with van der Waals surface area (Å²) >= 11 is 0. The minimum Gasteiger partial charge on any atom is -0.373 e. The fourth-order valence-electron chi connectivity index (χ4n) is 2.47. The number of nitrogens with two attached hydrogens (primary N) is 1. The van der Waals surface area contributed by atoms with Gasteiger partial charge in [-0.25, -0.2) is 0 Å². The molecule has 6 nitrogen and oxygen atoms in total. The number of nitrogens with one attached hydrogen (secondary N) is 1. The third kappa shape index (κ3) is 3.37. The first kappa shape index (κ1) is 15.0. The molecule has 6 heteroatoms. The number of carbonyl (C=O) groups is 1. The summed E-state index contributed by atoms with van der Waals surface area (Å²) in [6.45, 7) is 6.64. The highest BCUT2D eigenvalue weighted by Gasteiger charge is 2.30. The van der Waals surface area contributed by atoms with Crippen LogP contribution in [-0.2, 0) is 11.3 Å². The van der Waals surface area contributed by atoms with Crippen molar-refractivity contribution in [3.8, 4) is 0 Å². The van der Waals surface area contributed by atoms with Gasteiger partial charge in [-0.2, -0.15) is 5.10 Å². The number of carbonyl (C=O) groups excluding carboxylic acids is 1. The highest BCUT2D eigenvalue weighted by Crippen LogP contribution is 2.24. The van der Waals surface area contributed by atoms with E-state index in [2.05, 4.69) is 10.4 Å². The van der Waals surface area contributed by atoms with E-state index in [1.165, 1.54) is 0 Å². The van der Waals surface area contributed by atoms with Crippen molar-refractivity contribution in [1.82, 2.24) is 15.1 Å². The van der Waals surface area contributed by atoms with Gasteiger partial charge in [-0.15, -0.1) is 0 Å². The maximum absolute atomic E-state index is 12.2. The highest BCUT2D eigenvalue weighted by molar-refractivity contribution is 5.95. The Kier molecular flexibility index (Phi) is 4.77. The second-order valence-electron chi connectivity index (χ2n) is 5.59. The molecule has 112 valence electrons. The number of nitrogens with zero attached hydrogens (tertiary/aromatic N) is 2. The van der Waals surface area contributed by atoms with Gasteiger partial charge in [0.05, 0.1) is 17.4 Å². The monoisotopic (exact) mass is 280 g/mol.